The highest BCUT2D eigenvalue weighted by atomic mass is 35.5. The fourth-order valence-corrected chi connectivity index (χ4v) is 5.25. The van der Waals surface area contributed by atoms with Crippen molar-refractivity contribution in [2.75, 3.05) is 13.1 Å². The molecule has 2 rings (SSSR count). The first-order chi connectivity index (χ1) is 12.2. The van der Waals surface area contributed by atoms with Crippen molar-refractivity contribution in [3.05, 3.63) is 34.3 Å². The van der Waals surface area contributed by atoms with Crippen LogP contribution in [-0.2, 0) is 26.9 Å². The van der Waals surface area contributed by atoms with E-state index in [1.165, 1.54) is 12.1 Å². The Morgan fingerprint density at radius 1 is 1.33 bits per heavy atom. The van der Waals surface area contributed by atoms with Crippen LogP contribution < -0.4 is 0 Å². The van der Waals surface area contributed by atoms with Gasteiger partial charge in [-0.05, 0) is 66.7 Å². The Balaban J connectivity index is 2.00. The SMILES string of the molecule is C=S(=O)(C1CCN(C(=O)CCc2ccc(Cl)c(C(F)(F)F)c2)C1)C(C)(C)C. The summed E-state index contributed by atoms with van der Waals surface area (Å²) in [5, 5.41) is -0.513. The average molecular weight is 424 g/mol. The molecule has 0 bridgehead atoms. The van der Waals surface area contributed by atoms with Crippen LogP contribution in [0.4, 0.5) is 13.2 Å². The van der Waals surface area contributed by atoms with Gasteiger partial charge in [0.15, 0.2) is 0 Å². The summed E-state index contributed by atoms with van der Waals surface area (Å²) in [5.74, 6) is 3.77. The fourth-order valence-electron chi connectivity index (χ4n) is 3.12. The fraction of sp³-hybridized carbons (Fsp3) is 0.579. The lowest BCUT2D eigenvalue weighted by Gasteiger charge is -2.29. The lowest BCUT2D eigenvalue weighted by atomic mass is 10.1. The molecule has 0 saturated carbocycles. The molecule has 3 nitrogen and oxygen atoms in total. The van der Waals surface area contributed by atoms with Crippen LogP contribution in [-0.4, -0.2) is 44.0 Å². The largest absolute Gasteiger partial charge is 0.417 e. The van der Waals surface area contributed by atoms with Crippen molar-refractivity contribution in [3.8, 4) is 0 Å². The van der Waals surface area contributed by atoms with E-state index in [0.717, 1.165) is 6.07 Å². The number of halogens is 4. The van der Waals surface area contributed by atoms with Crippen molar-refractivity contribution in [2.24, 2.45) is 0 Å². The van der Waals surface area contributed by atoms with Crippen LogP contribution >= 0.6 is 11.6 Å². The molecule has 1 amide bonds. The summed E-state index contributed by atoms with van der Waals surface area (Å²) >= 11 is 5.61. The molecule has 152 valence electrons. The zero-order valence-electron chi connectivity index (χ0n) is 15.7. The molecule has 1 fully saturated rings. The summed E-state index contributed by atoms with van der Waals surface area (Å²) < 4.78 is 51.3. The monoisotopic (exact) mass is 423 g/mol. The lowest BCUT2D eigenvalue weighted by molar-refractivity contribution is -0.137. The molecule has 1 aliphatic rings. The molecule has 0 radical (unpaired) electrons. The smallest absolute Gasteiger partial charge is 0.341 e. The summed E-state index contributed by atoms with van der Waals surface area (Å²) in [7, 11) is -2.37. The molecule has 27 heavy (non-hydrogen) atoms. The molecule has 0 aromatic heterocycles. The third-order valence-corrected chi connectivity index (χ3v) is 8.90. The van der Waals surface area contributed by atoms with E-state index in [0.29, 0.717) is 25.1 Å². The first kappa shape index (κ1) is 22.1. The van der Waals surface area contributed by atoms with Crippen LogP contribution in [0.1, 0.15) is 44.7 Å². The van der Waals surface area contributed by atoms with E-state index in [1.807, 2.05) is 20.8 Å². The molecule has 0 spiro atoms. The van der Waals surface area contributed by atoms with E-state index in [-0.39, 0.29) is 29.0 Å². The van der Waals surface area contributed by atoms with E-state index in [4.69, 9.17) is 11.6 Å². The number of carbonyl (C=O) groups is 1. The van der Waals surface area contributed by atoms with E-state index in [2.05, 4.69) is 5.87 Å². The van der Waals surface area contributed by atoms with E-state index >= 15 is 0 Å². The Morgan fingerprint density at radius 3 is 2.52 bits per heavy atom. The Labute approximate surface area is 163 Å². The average Bonchev–Trinajstić information content (AvgIpc) is 3.02. The van der Waals surface area contributed by atoms with Crippen LogP contribution in [0.2, 0.25) is 5.02 Å². The van der Waals surface area contributed by atoms with Gasteiger partial charge in [0.1, 0.15) is 0 Å². The molecule has 1 aromatic rings. The van der Waals surface area contributed by atoms with Crippen molar-refractivity contribution >= 4 is 32.9 Å². The maximum atomic E-state index is 13.0. The highest BCUT2D eigenvalue weighted by Crippen LogP contribution is 2.35. The maximum absolute atomic E-state index is 13.0. The predicted octanol–water partition coefficient (Wildman–Crippen LogP) is 4.41. The number of hydrogen-bond acceptors (Lipinski definition) is 2. The molecule has 8 heteroatoms. The normalized spacial score (nSPS) is 20.6. The quantitative estimate of drug-likeness (QED) is 0.673. The number of aryl methyl sites for hydroxylation is 1. The topological polar surface area (TPSA) is 37.4 Å². The molecule has 0 aliphatic carbocycles. The Morgan fingerprint density at radius 2 is 1.96 bits per heavy atom. The molecule has 1 saturated heterocycles. The lowest BCUT2D eigenvalue weighted by Crippen LogP contribution is -2.39. The minimum atomic E-state index is -4.53. The van der Waals surface area contributed by atoms with Gasteiger partial charge in [0.05, 0.1) is 10.6 Å². The predicted molar refractivity (Wildman–Crippen MR) is 105 cm³/mol. The highest BCUT2D eigenvalue weighted by Gasteiger charge is 2.37. The molecule has 0 N–H and O–H groups in total. The van der Waals surface area contributed by atoms with Gasteiger partial charge in [-0.2, -0.15) is 13.2 Å². The minimum absolute atomic E-state index is 0.0967. The standard InChI is InChI=1S/C19H25ClF3NO2S/c1-18(2,3)27(4,26)14-9-10-24(12-14)17(25)8-6-13-5-7-16(20)15(11-13)19(21,22)23/h5,7,11,14H,4,6,8-10,12H2,1-3H3. The van der Waals surface area contributed by atoms with Gasteiger partial charge in [0.2, 0.25) is 5.91 Å². The Kier molecular flexibility index (Phi) is 6.27. The van der Waals surface area contributed by atoms with Crippen molar-refractivity contribution in [3.63, 3.8) is 0 Å². The number of alkyl halides is 3. The zero-order valence-corrected chi connectivity index (χ0v) is 17.3. The summed E-state index contributed by atoms with van der Waals surface area (Å²) in [6.45, 7) is 6.52. The Bertz CT molecular complexity index is 813. The summed E-state index contributed by atoms with van der Waals surface area (Å²) in [4.78, 5) is 14.1. The molecule has 1 heterocycles. The van der Waals surface area contributed by atoms with E-state index < -0.39 is 26.0 Å². The van der Waals surface area contributed by atoms with Gasteiger partial charge in [-0.1, -0.05) is 17.7 Å². The van der Waals surface area contributed by atoms with Gasteiger partial charge in [-0.15, -0.1) is 0 Å². The first-order valence-electron chi connectivity index (χ1n) is 8.72. The van der Waals surface area contributed by atoms with Gasteiger partial charge >= 0.3 is 6.18 Å². The van der Waals surface area contributed by atoms with Crippen LogP contribution in [0.15, 0.2) is 18.2 Å². The second-order valence-electron chi connectivity index (χ2n) is 7.90. The van der Waals surface area contributed by atoms with Crippen LogP contribution in [0.5, 0.6) is 0 Å². The van der Waals surface area contributed by atoms with Crippen molar-refractivity contribution in [2.45, 2.75) is 56.2 Å². The number of rotatable bonds is 4. The molecule has 2 unspecified atom stereocenters. The van der Waals surface area contributed by atoms with E-state index in [9.17, 15) is 22.2 Å². The van der Waals surface area contributed by atoms with Gasteiger partial charge in [0, 0.05) is 29.5 Å². The number of benzene rings is 1. The molecular weight excluding hydrogens is 399 g/mol. The van der Waals surface area contributed by atoms with Gasteiger partial charge in [-0.25, -0.2) is 0 Å². The number of carbonyl (C=O) groups excluding carboxylic acids is 1. The van der Waals surface area contributed by atoms with Crippen LogP contribution in [0.3, 0.4) is 0 Å². The van der Waals surface area contributed by atoms with Gasteiger partial charge in [0.25, 0.3) is 0 Å². The van der Waals surface area contributed by atoms with Crippen molar-refractivity contribution in [1.29, 1.82) is 0 Å². The number of amides is 1. The Hall–Kier alpha value is -1.21. The summed E-state index contributed by atoms with van der Waals surface area (Å²) in [6, 6.07) is 3.70. The molecule has 2 atom stereocenters. The van der Waals surface area contributed by atoms with Crippen LogP contribution in [0, 0.1) is 0 Å². The minimum Gasteiger partial charge on any atom is -0.341 e. The second-order valence-corrected chi connectivity index (χ2v) is 11.7. The van der Waals surface area contributed by atoms with Crippen molar-refractivity contribution in [1.82, 2.24) is 4.90 Å². The number of nitrogens with zero attached hydrogens (tertiary/aromatic N) is 1. The summed E-state index contributed by atoms with van der Waals surface area (Å²) in [5.41, 5.74) is -0.483. The molecule has 1 aliphatic heterocycles. The third-order valence-electron chi connectivity index (χ3n) is 5.04. The highest BCUT2D eigenvalue weighted by molar-refractivity contribution is 8.02. The van der Waals surface area contributed by atoms with Gasteiger partial charge < -0.3 is 4.90 Å². The number of likely N-dealkylation sites (tertiary alicyclic amines) is 1. The maximum Gasteiger partial charge on any atom is 0.417 e. The number of hydrogen-bond donors (Lipinski definition) is 0. The van der Waals surface area contributed by atoms with E-state index in [1.54, 1.807) is 4.90 Å². The third kappa shape index (κ3) is 4.99. The zero-order chi connectivity index (χ0) is 20.6. The first-order valence-corrected chi connectivity index (χ1v) is 10.9. The van der Waals surface area contributed by atoms with Crippen molar-refractivity contribution < 1.29 is 22.2 Å². The molecule has 1 aromatic carbocycles. The second kappa shape index (κ2) is 7.66. The summed E-state index contributed by atoms with van der Waals surface area (Å²) in [6.07, 6.45) is -3.61. The van der Waals surface area contributed by atoms with Crippen LogP contribution in [0.25, 0.3) is 0 Å². The van der Waals surface area contributed by atoms with Gasteiger partial charge in [-0.3, -0.25) is 9.00 Å². The molecular formula is C19H25ClF3NO2S.